The average molecular weight is 291 g/mol. The van der Waals surface area contributed by atoms with Gasteiger partial charge in [-0.1, -0.05) is 12.1 Å². The third kappa shape index (κ3) is 4.27. The summed E-state index contributed by atoms with van der Waals surface area (Å²) in [6.07, 6.45) is -0.979. The van der Waals surface area contributed by atoms with Crippen molar-refractivity contribution in [1.82, 2.24) is 0 Å². The van der Waals surface area contributed by atoms with E-state index in [1.807, 2.05) is 0 Å². The molecule has 0 radical (unpaired) electrons. The maximum Gasteiger partial charge on any atom is 0.514 e. The van der Waals surface area contributed by atoms with Gasteiger partial charge in [-0.3, -0.25) is 10.1 Å². The summed E-state index contributed by atoms with van der Waals surface area (Å²) in [5, 5.41) is 10.5. The first-order chi connectivity index (χ1) is 10.0. The zero-order valence-corrected chi connectivity index (χ0v) is 10.7. The molecule has 0 spiro atoms. The quantitative estimate of drug-likeness (QED) is 0.373. The van der Waals surface area contributed by atoms with Gasteiger partial charge in [-0.15, -0.1) is 0 Å². The van der Waals surface area contributed by atoms with E-state index in [1.165, 1.54) is 42.5 Å². The monoisotopic (exact) mass is 291 g/mol. The number of hydrogen-bond acceptors (Lipinski definition) is 5. The van der Waals surface area contributed by atoms with Gasteiger partial charge in [0.25, 0.3) is 5.69 Å². The molecular formula is C14H10FNO5. The number of hydrogen-bond donors (Lipinski definition) is 0. The van der Waals surface area contributed by atoms with Crippen LogP contribution in [0.15, 0.2) is 48.5 Å². The first-order valence-electron chi connectivity index (χ1n) is 5.88. The van der Waals surface area contributed by atoms with E-state index in [0.717, 1.165) is 0 Å². The number of non-ortho nitro benzene ring substituents is 1. The van der Waals surface area contributed by atoms with Crippen LogP contribution in [0, 0.1) is 15.9 Å². The van der Waals surface area contributed by atoms with Gasteiger partial charge in [0.05, 0.1) is 4.92 Å². The van der Waals surface area contributed by atoms with Crippen LogP contribution in [0.4, 0.5) is 14.9 Å². The Labute approximate surface area is 118 Å². The minimum absolute atomic E-state index is 0.115. The van der Waals surface area contributed by atoms with Crippen molar-refractivity contribution in [1.29, 1.82) is 0 Å². The number of carbonyl (C=O) groups is 1. The van der Waals surface area contributed by atoms with Crippen molar-refractivity contribution < 1.29 is 23.6 Å². The fraction of sp³-hybridized carbons (Fsp3) is 0.0714. The maximum absolute atomic E-state index is 12.9. The smallest absolute Gasteiger partial charge is 0.429 e. The van der Waals surface area contributed by atoms with Gasteiger partial charge in [0, 0.05) is 12.1 Å². The third-order valence-electron chi connectivity index (χ3n) is 2.49. The van der Waals surface area contributed by atoms with E-state index in [9.17, 15) is 19.3 Å². The van der Waals surface area contributed by atoms with Crippen molar-refractivity contribution in [3.8, 4) is 5.75 Å². The lowest BCUT2D eigenvalue weighted by atomic mass is 10.2. The summed E-state index contributed by atoms with van der Waals surface area (Å²) in [5.41, 5.74) is 0.367. The molecule has 0 saturated carbocycles. The van der Waals surface area contributed by atoms with Gasteiger partial charge in [0.15, 0.2) is 0 Å². The van der Waals surface area contributed by atoms with Crippen molar-refractivity contribution in [2.45, 2.75) is 6.61 Å². The Morgan fingerprint density at radius 1 is 1.19 bits per heavy atom. The highest BCUT2D eigenvalue weighted by molar-refractivity contribution is 5.64. The molecule has 6 nitrogen and oxygen atoms in total. The van der Waals surface area contributed by atoms with Gasteiger partial charge < -0.3 is 9.47 Å². The molecule has 0 fully saturated rings. The van der Waals surface area contributed by atoms with Crippen LogP contribution >= 0.6 is 0 Å². The summed E-state index contributed by atoms with van der Waals surface area (Å²) in [5.74, 6) is -0.315. The number of rotatable bonds is 4. The van der Waals surface area contributed by atoms with Crippen molar-refractivity contribution in [2.75, 3.05) is 0 Å². The summed E-state index contributed by atoms with van der Waals surface area (Å²) in [4.78, 5) is 21.3. The highest BCUT2D eigenvalue weighted by Crippen LogP contribution is 2.17. The van der Waals surface area contributed by atoms with Crippen LogP contribution in [-0.2, 0) is 11.3 Å². The second-order valence-corrected chi connectivity index (χ2v) is 4.02. The number of benzene rings is 2. The van der Waals surface area contributed by atoms with E-state index in [1.54, 1.807) is 6.07 Å². The summed E-state index contributed by atoms with van der Waals surface area (Å²) in [6, 6.07) is 10.6. The number of carbonyl (C=O) groups excluding carboxylic acids is 1. The van der Waals surface area contributed by atoms with Crippen LogP contribution in [-0.4, -0.2) is 11.1 Å². The van der Waals surface area contributed by atoms with Gasteiger partial charge in [0.1, 0.15) is 18.2 Å². The number of halogens is 1. The molecule has 2 rings (SSSR count). The van der Waals surface area contributed by atoms with E-state index >= 15 is 0 Å². The molecule has 0 atom stereocenters. The molecule has 108 valence electrons. The molecule has 0 bridgehead atoms. The molecule has 0 aliphatic carbocycles. The minimum atomic E-state index is -0.979. The van der Waals surface area contributed by atoms with Crippen molar-refractivity contribution in [2.24, 2.45) is 0 Å². The van der Waals surface area contributed by atoms with E-state index in [4.69, 9.17) is 9.47 Å². The zero-order valence-electron chi connectivity index (χ0n) is 10.7. The number of nitro groups is 1. The lowest BCUT2D eigenvalue weighted by Crippen LogP contribution is -2.10. The Balaban J connectivity index is 1.88. The molecule has 0 amide bonds. The molecule has 2 aromatic rings. The number of nitro benzene ring substituents is 1. The second kappa shape index (κ2) is 6.47. The van der Waals surface area contributed by atoms with Crippen molar-refractivity contribution in [3.05, 3.63) is 70.0 Å². The zero-order chi connectivity index (χ0) is 15.2. The standard InChI is InChI=1S/C14H10FNO5/c15-11-3-1-2-10(8-11)9-20-14(17)21-13-6-4-12(5-7-13)16(18)19/h1-8H,9H2. The Morgan fingerprint density at radius 3 is 2.52 bits per heavy atom. The number of nitrogens with zero attached hydrogens (tertiary/aromatic N) is 1. The molecule has 2 aromatic carbocycles. The van der Waals surface area contributed by atoms with Gasteiger partial charge in [0.2, 0.25) is 0 Å². The maximum atomic E-state index is 12.9. The predicted molar refractivity (Wildman–Crippen MR) is 70.3 cm³/mol. The van der Waals surface area contributed by atoms with Crippen LogP contribution < -0.4 is 4.74 Å². The van der Waals surface area contributed by atoms with Crippen LogP contribution in [0.2, 0.25) is 0 Å². The number of ether oxygens (including phenoxy) is 2. The van der Waals surface area contributed by atoms with Crippen LogP contribution in [0.3, 0.4) is 0 Å². The molecule has 0 saturated heterocycles. The molecule has 0 unspecified atom stereocenters. The largest absolute Gasteiger partial charge is 0.514 e. The summed E-state index contributed by atoms with van der Waals surface area (Å²) in [6.45, 7) is -0.135. The van der Waals surface area contributed by atoms with Crippen molar-refractivity contribution >= 4 is 11.8 Å². The highest BCUT2D eigenvalue weighted by Gasteiger charge is 2.09. The topological polar surface area (TPSA) is 78.7 Å². The first kappa shape index (κ1) is 14.4. The average Bonchev–Trinajstić information content (AvgIpc) is 2.46. The Bertz CT molecular complexity index is 657. The first-order valence-corrected chi connectivity index (χ1v) is 5.88. The van der Waals surface area contributed by atoms with Crippen LogP contribution in [0.25, 0.3) is 0 Å². The SMILES string of the molecule is O=C(OCc1cccc(F)c1)Oc1ccc([N+](=O)[O-])cc1. The van der Waals surface area contributed by atoms with Gasteiger partial charge in [-0.2, -0.15) is 0 Å². The highest BCUT2D eigenvalue weighted by atomic mass is 19.1. The molecule has 7 heteroatoms. The predicted octanol–water partition coefficient (Wildman–Crippen LogP) is 3.45. The Kier molecular flexibility index (Phi) is 4.45. The van der Waals surface area contributed by atoms with E-state index in [0.29, 0.717) is 5.56 Å². The molecular weight excluding hydrogens is 281 g/mol. The molecule has 0 aliphatic rings. The summed E-state index contributed by atoms with van der Waals surface area (Å²) in [7, 11) is 0. The molecule has 0 aliphatic heterocycles. The van der Waals surface area contributed by atoms with Gasteiger partial charge in [-0.25, -0.2) is 9.18 Å². The summed E-state index contributed by atoms with van der Waals surface area (Å²) >= 11 is 0. The molecule has 0 N–H and O–H groups in total. The Morgan fingerprint density at radius 2 is 1.90 bits per heavy atom. The molecule has 0 aromatic heterocycles. The lowest BCUT2D eigenvalue weighted by Gasteiger charge is -2.06. The normalized spacial score (nSPS) is 9.95. The van der Waals surface area contributed by atoms with E-state index < -0.39 is 16.9 Å². The van der Waals surface area contributed by atoms with Crippen LogP contribution in [0.5, 0.6) is 5.75 Å². The van der Waals surface area contributed by atoms with Gasteiger partial charge in [-0.05, 0) is 29.8 Å². The molecule has 0 heterocycles. The minimum Gasteiger partial charge on any atom is -0.429 e. The fourth-order valence-electron chi connectivity index (χ4n) is 1.53. The fourth-order valence-corrected chi connectivity index (χ4v) is 1.53. The van der Waals surface area contributed by atoms with E-state index in [-0.39, 0.29) is 18.0 Å². The van der Waals surface area contributed by atoms with Gasteiger partial charge >= 0.3 is 6.16 Å². The molecule has 21 heavy (non-hydrogen) atoms. The third-order valence-corrected chi connectivity index (χ3v) is 2.49. The Hall–Kier alpha value is -2.96. The van der Waals surface area contributed by atoms with E-state index in [2.05, 4.69) is 0 Å². The summed E-state index contributed by atoms with van der Waals surface area (Å²) < 4.78 is 22.5. The lowest BCUT2D eigenvalue weighted by molar-refractivity contribution is -0.384. The van der Waals surface area contributed by atoms with Crippen LogP contribution in [0.1, 0.15) is 5.56 Å². The second-order valence-electron chi connectivity index (χ2n) is 4.02. The van der Waals surface area contributed by atoms with Crippen molar-refractivity contribution in [3.63, 3.8) is 0 Å².